The van der Waals surface area contributed by atoms with E-state index in [9.17, 15) is 0 Å². The molecule has 180 valence electrons. The minimum Gasteiger partial charge on any atom is -0.342 e. The Morgan fingerprint density at radius 2 is 0.774 bits per heavy atom. The van der Waals surface area contributed by atoms with E-state index in [4.69, 9.17) is 18.9 Å². The third-order valence-electron chi connectivity index (χ3n) is 4.25. The molecule has 0 fully saturated rings. The minimum atomic E-state index is -2.08. The number of hydrogen-bond donors (Lipinski definition) is 0. The van der Waals surface area contributed by atoms with E-state index in [0.29, 0.717) is 0 Å². The van der Waals surface area contributed by atoms with Gasteiger partial charge in [0.25, 0.3) is 0 Å². The first-order chi connectivity index (χ1) is 14.3. The molecule has 1 aromatic carbocycles. The lowest BCUT2D eigenvalue weighted by Gasteiger charge is -2.28. The number of halogens is 4. The van der Waals surface area contributed by atoms with Crippen molar-refractivity contribution >= 4 is 0 Å². The van der Waals surface area contributed by atoms with Crippen molar-refractivity contribution in [3.8, 4) is 0 Å². The zero-order valence-corrected chi connectivity index (χ0v) is 19.8. The molecule has 4 nitrogen and oxygen atoms in total. The van der Waals surface area contributed by atoms with Crippen LogP contribution in [0.5, 0.6) is 0 Å². The lowest BCUT2D eigenvalue weighted by Crippen LogP contribution is -2.20. The Bertz CT molecular complexity index is 640. The summed E-state index contributed by atoms with van der Waals surface area (Å²) in [6, 6.07) is 1.05. The second kappa shape index (κ2) is 12.1. The highest BCUT2D eigenvalue weighted by Gasteiger charge is 2.34. The second-order valence-corrected chi connectivity index (χ2v) is 8.51. The summed E-state index contributed by atoms with van der Waals surface area (Å²) >= 11 is 0. The fraction of sp³-hybridized carbons (Fsp3) is 0.739. The maximum Gasteiger partial charge on any atom is 0.226 e. The number of rotatable bonds is 12. The van der Waals surface area contributed by atoms with Gasteiger partial charge in [-0.1, -0.05) is 0 Å². The third-order valence-corrected chi connectivity index (χ3v) is 4.25. The van der Waals surface area contributed by atoms with Crippen molar-refractivity contribution in [1.82, 2.24) is 0 Å². The third kappa shape index (κ3) is 8.00. The summed E-state index contributed by atoms with van der Waals surface area (Å²) in [6.07, 6.45) is -10.4. The molecular weight excluding hydrogens is 416 g/mol. The highest BCUT2D eigenvalue weighted by atomic mass is 19.2. The molecule has 0 saturated carbocycles. The molecule has 0 aliphatic rings. The summed E-state index contributed by atoms with van der Waals surface area (Å²) < 4.78 is 81.1. The normalized spacial score (nSPS) is 16.4. The Morgan fingerprint density at radius 1 is 0.516 bits per heavy atom. The zero-order chi connectivity index (χ0) is 24.0. The van der Waals surface area contributed by atoms with Crippen molar-refractivity contribution < 1.29 is 36.5 Å². The van der Waals surface area contributed by atoms with Gasteiger partial charge in [-0.15, -0.1) is 0 Å². The molecule has 0 aliphatic carbocycles. The van der Waals surface area contributed by atoms with Crippen molar-refractivity contribution in [2.24, 2.45) is 0 Å². The highest BCUT2D eigenvalue weighted by Crippen LogP contribution is 2.43. The number of benzene rings is 1. The smallest absolute Gasteiger partial charge is 0.226 e. The molecule has 1 aromatic rings. The molecule has 0 amide bonds. The molecule has 1 rings (SSSR count). The first-order valence-electron chi connectivity index (χ1n) is 10.6. The predicted octanol–water partition coefficient (Wildman–Crippen LogP) is 7.57. The van der Waals surface area contributed by atoms with Gasteiger partial charge in [-0.2, -0.15) is 0 Å². The maximum absolute atomic E-state index is 15.1. The van der Waals surface area contributed by atoms with E-state index in [1.54, 1.807) is 55.4 Å². The van der Waals surface area contributed by atoms with Crippen molar-refractivity contribution in [1.29, 1.82) is 0 Å². The van der Waals surface area contributed by atoms with Gasteiger partial charge in [0.05, 0.1) is 24.4 Å². The van der Waals surface area contributed by atoms with Crippen LogP contribution in [-0.4, -0.2) is 24.4 Å². The van der Waals surface area contributed by atoms with E-state index >= 15 is 17.6 Å². The molecule has 0 saturated heterocycles. The van der Waals surface area contributed by atoms with Crippen LogP contribution < -0.4 is 0 Å². The summed E-state index contributed by atoms with van der Waals surface area (Å²) in [5.74, 6) is 0. The number of ether oxygens (including phenoxy) is 4. The molecule has 8 heteroatoms. The van der Waals surface area contributed by atoms with Crippen LogP contribution in [0.25, 0.3) is 0 Å². The first kappa shape index (κ1) is 27.8. The van der Waals surface area contributed by atoms with Crippen LogP contribution in [0.15, 0.2) is 6.07 Å². The van der Waals surface area contributed by atoms with Gasteiger partial charge in [-0.25, -0.2) is 17.6 Å². The molecule has 0 bridgehead atoms. The average Bonchev–Trinajstić information content (AvgIpc) is 2.57. The number of alkyl halides is 4. The van der Waals surface area contributed by atoms with Crippen LogP contribution in [0.4, 0.5) is 17.6 Å². The van der Waals surface area contributed by atoms with Crippen LogP contribution in [0.2, 0.25) is 0 Å². The summed E-state index contributed by atoms with van der Waals surface area (Å²) in [5, 5.41) is 0. The molecule has 0 radical (unpaired) electrons. The molecule has 4 atom stereocenters. The lowest BCUT2D eigenvalue weighted by atomic mass is 9.91. The van der Waals surface area contributed by atoms with Crippen LogP contribution >= 0.6 is 0 Å². The lowest BCUT2D eigenvalue weighted by molar-refractivity contribution is -0.0974. The van der Waals surface area contributed by atoms with Crippen molar-refractivity contribution in [2.75, 3.05) is 0 Å². The fourth-order valence-electron chi connectivity index (χ4n) is 3.12. The molecule has 31 heavy (non-hydrogen) atoms. The van der Waals surface area contributed by atoms with Gasteiger partial charge in [0.15, 0.2) is 0 Å². The Balaban J connectivity index is 3.79. The highest BCUT2D eigenvalue weighted by molar-refractivity contribution is 5.48. The Hall–Kier alpha value is -1.22. The quantitative estimate of drug-likeness (QED) is 0.307. The van der Waals surface area contributed by atoms with E-state index in [0.717, 1.165) is 6.07 Å². The Kier molecular flexibility index (Phi) is 10.9. The average molecular weight is 453 g/mol. The Labute approximate surface area is 183 Å². The molecule has 0 spiro atoms. The topological polar surface area (TPSA) is 36.9 Å². The second-order valence-electron chi connectivity index (χ2n) is 8.51. The molecule has 0 aromatic heterocycles. The van der Waals surface area contributed by atoms with Crippen LogP contribution in [0, 0.1) is 6.92 Å². The summed E-state index contributed by atoms with van der Waals surface area (Å²) in [6.45, 7) is 14.3. The molecule has 0 N–H and O–H groups in total. The summed E-state index contributed by atoms with van der Waals surface area (Å²) in [4.78, 5) is 0. The standard InChI is InChI=1S/C23H36F4O4/c1-11(2)28-20(24)16-10-17(21(25)29-12(3)4)19(23(27)31-14(7)8)15(9)18(16)22(26)30-13(5)6/h10-14,20-23H,1-9H3. The van der Waals surface area contributed by atoms with E-state index in [1.807, 2.05) is 0 Å². The minimum absolute atomic E-state index is 0.0150. The van der Waals surface area contributed by atoms with Gasteiger partial charge in [0.1, 0.15) is 0 Å². The molecule has 0 heterocycles. The van der Waals surface area contributed by atoms with Gasteiger partial charge in [0, 0.05) is 22.3 Å². The predicted molar refractivity (Wildman–Crippen MR) is 111 cm³/mol. The van der Waals surface area contributed by atoms with Gasteiger partial charge in [-0.3, -0.25) is 0 Å². The van der Waals surface area contributed by atoms with Crippen molar-refractivity contribution in [3.63, 3.8) is 0 Å². The van der Waals surface area contributed by atoms with Crippen molar-refractivity contribution in [2.45, 2.75) is 112 Å². The molecule has 0 aliphatic heterocycles. The molecule has 4 unspecified atom stereocenters. The largest absolute Gasteiger partial charge is 0.342 e. The van der Waals surface area contributed by atoms with Crippen LogP contribution in [0.1, 0.15) is 109 Å². The maximum atomic E-state index is 15.1. The van der Waals surface area contributed by atoms with Crippen LogP contribution in [0.3, 0.4) is 0 Å². The first-order valence-corrected chi connectivity index (χ1v) is 10.6. The van der Waals surface area contributed by atoms with Gasteiger partial charge >= 0.3 is 0 Å². The van der Waals surface area contributed by atoms with Gasteiger partial charge in [0.2, 0.25) is 25.4 Å². The van der Waals surface area contributed by atoms with E-state index < -0.39 is 49.8 Å². The fourth-order valence-corrected chi connectivity index (χ4v) is 3.12. The van der Waals surface area contributed by atoms with Crippen molar-refractivity contribution in [3.05, 3.63) is 33.9 Å². The SMILES string of the molecule is Cc1c(C(F)OC(C)C)c(C(F)OC(C)C)cc(C(F)OC(C)C)c1C(F)OC(C)C. The zero-order valence-electron chi connectivity index (χ0n) is 19.8. The van der Waals surface area contributed by atoms with E-state index in [1.165, 1.54) is 6.92 Å². The van der Waals surface area contributed by atoms with Gasteiger partial charge < -0.3 is 18.9 Å². The summed E-state index contributed by atoms with van der Waals surface area (Å²) in [7, 11) is 0. The summed E-state index contributed by atoms with van der Waals surface area (Å²) in [5.41, 5.74) is -1.05. The van der Waals surface area contributed by atoms with E-state index in [-0.39, 0.29) is 27.8 Å². The molecular formula is C23H36F4O4. The van der Waals surface area contributed by atoms with Crippen LogP contribution in [-0.2, 0) is 18.9 Å². The monoisotopic (exact) mass is 452 g/mol. The number of hydrogen-bond acceptors (Lipinski definition) is 4. The van der Waals surface area contributed by atoms with Gasteiger partial charge in [-0.05, 0) is 73.9 Å². The Morgan fingerprint density at radius 3 is 1.03 bits per heavy atom. The van der Waals surface area contributed by atoms with E-state index in [2.05, 4.69) is 0 Å².